The molecule has 6 heteroatoms. The zero-order chi connectivity index (χ0) is 19.9. The molecule has 0 saturated carbocycles. The minimum Gasteiger partial charge on any atom is -0.481 e. The summed E-state index contributed by atoms with van der Waals surface area (Å²) in [4.78, 5) is 10.4. The van der Waals surface area contributed by atoms with E-state index < -0.39 is 24.5 Å². The van der Waals surface area contributed by atoms with Crippen LogP contribution in [-0.4, -0.2) is 52.5 Å². The maximum atomic E-state index is 10.4. The van der Waals surface area contributed by atoms with Crippen LogP contribution in [0.3, 0.4) is 0 Å². The zero-order valence-corrected chi connectivity index (χ0v) is 17.0. The number of hydrogen-bond acceptors (Lipinski definition) is 5. The van der Waals surface area contributed by atoms with Crippen molar-refractivity contribution in [2.75, 3.05) is 6.61 Å². The zero-order valence-electron chi connectivity index (χ0n) is 17.0. The first kappa shape index (κ1) is 24.3. The van der Waals surface area contributed by atoms with Crippen molar-refractivity contribution in [3.63, 3.8) is 0 Å². The fraction of sp³-hybridized carbons (Fsp3) is 0.952. The van der Waals surface area contributed by atoms with Crippen molar-refractivity contribution in [1.82, 2.24) is 0 Å². The van der Waals surface area contributed by atoms with E-state index in [1.54, 1.807) is 6.92 Å². The van der Waals surface area contributed by atoms with Crippen LogP contribution in [0.5, 0.6) is 0 Å². The van der Waals surface area contributed by atoms with E-state index in [0.717, 1.165) is 32.1 Å². The molecule has 0 bridgehead atoms. The van der Waals surface area contributed by atoms with Crippen LogP contribution in [-0.2, 0) is 14.3 Å². The highest BCUT2D eigenvalue weighted by Crippen LogP contribution is 2.21. The van der Waals surface area contributed by atoms with Crippen molar-refractivity contribution in [2.24, 2.45) is 0 Å². The summed E-state index contributed by atoms with van der Waals surface area (Å²) in [6, 6.07) is 0. The van der Waals surface area contributed by atoms with E-state index in [1.807, 2.05) is 0 Å². The summed E-state index contributed by atoms with van der Waals surface area (Å²) < 4.78 is 11.1. The molecule has 27 heavy (non-hydrogen) atoms. The highest BCUT2D eigenvalue weighted by Gasteiger charge is 2.34. The summed E-state index contributed by atoms with van der Waals surface area (Å²) in [5.74, 6) is -0.684. The molecule has 3 N–H and O–H groups in total. The van der Waals surface area contributed by atoms with Gasteiger partial charge in [-0.05, 0) is 19.8 Å². The van der Waals surface area contributed by atoms with Gasteiger partial charge >= 0.3 is 5.97 Å². The maximum absolute atomic E-state index is 10.4. The smallest absolute Gasteiger partial charge is 0.303 e. The number of aliphatic carboxylic acids is 1. The summed E-state index contributed by atoms with van der Waals surface area (Å²) in [7, 11) is 0. The summed E-state index contributed by atoms with van der Waals surface area (Å²) in [6.07, 6.45) is 12.3. The molecule has 0 amide bonds. The van der Waals surface area contributed by atoms with Crippen LogP contribution < -0.4 is 0 Å². The summed E-state index contributed by atoms with van der Waals surface area (Å²) in [5, 5.41) is 28.0. The Morgan fingerprint density at radius 3 is 1.85 bits per heavy atom. The molecule has 6 nitrogen and oxygen atoms in total. The standard InChI is InChI=1S/C21H40O6/c1-17-18(22)16-19(23)21(27-17)26-15-13-11-9-7-5-3-2-4-6-8-10-12-14-20(24)25/h17-19,21-23H,2-16H2,1H3,(H,24,25)/t17-,18+,19+,21+/m0/s1. The number of ether oxygens (including phenoxy) is 2. The minimum atomic E-state index is -0.742. The second-order valence-corrected chi connectivity index (χ2v) is 7.84. The van der Waals surface area contributed by atoms with E-state index in [4.69, 9.17) is 14.6 Å². The van der Waals surface area contributed by atoms with Crippen molar-refractivity contribution in [2.45, 2.75) is 121 Å². The van der Waals surface area contributed by atoms with Crippen LogP contribution in [0.4, 0.5) is 0 Å². The Balaban J connectivity index is 1.80. The second kappa shape index (κ2) is 15.3. The Morgan fingerprint density at radius 2 is 1.33 bits per heavy atom. The summed E-state index contributed by atoms with van der Waals surface area (Å²) >= 11 is 0. The molecule has 0 aromatic heterocycles. The van der Waals surface area contributed by atoms with Gasteiger partial charge in [-0.2, -0.15) is 0 Å². The topological polar surface area (TPSA) is 96.2 Å². The van der Waals surface area contributed by atoms with Gasteiger partial charge in [0.15, 0.2) is 6.29 Å². The Kier molecular flexibility index (Phi) is 13.8. The Labute approximate surface area is 164 Å². The molecule has 0 aliphatic carbocycles. The molecule has 0 unspecified atom stereocenters. The van der Waals surface area contributed by atoms with Gasteiger partial charge in [0.25, 0.3) is 0 Å². The minimum absolute atomic E-state index is 0.289. The predicted octanol–water partition coefficient (Wildman–Crippen LogP) is 4.02. The largest absolute Gasteiger partial charge is 0.481 e. The number of aliphatic hydroxyl groups excluding tert-OH is 2. The van der Waals surface area contributed by atoms with Gasteiger partial charge in [0, 0.05) is 19.4 Å². The average Bonchev–Trinajstić information content (AvgIpc) is 2.62. The lowest BCUT2D eigenvalue weighted by Crippen LogP contribution is -2.47. The normalized spacial score (nSPS) is 25.6. The van der Waals surface area contributed by atoms with E-state index in [1.165, 1.54) is 44.9 Å². The van der Waals surface area contributed by atoms with Crippen LogP contribution in [0.1, 0.15) is 96.8 Å². The van der Waals surface area contributed by atoms with E-state index >= 15 is 0 Å². The highest BCUT2D eigenvalue weighted by atomic mass is 16.7. The Bertz CT molecular complexity index is 376. The lowest BCUT2D eigenvalue weighted by molar-refractivity contribution is -0.261. The first-order valence-electron chi connectivity index (χ1n) is 10.9. The van der Waals surface area contributed by atoms with Crippen LogP contribution in [0.15, 0.2) is 0 Å². The molecular formula is C21H40O6. The number of hydrogen-bond donors (Lipinski definition) is 3. The third kappa shape index (κ3) is 12.4. The number of carbonyl (C=O) groups is 1. The van der Waals surface area contributed by atoms with E-state index in [2.05, 4.69) is 0 Å². The van der Waals surface area contributed by atoms with Gasteiger partial charge in [0.1, 0.15) is 6.10 Å². The molecule has 0 aromatic rings. The SMILES string of the molecule is C[C@@H]1O[C@@H](OCCCCCCCCCCCCCCC(=O)O)[C@H](O)C[C@H]1O. The summed E-state index contributed by atoms with van der Waals surface area (Å²) in [5.41, 5.74) is 0. The highest BCUT2D eigenvalue weighted by molar-refractivity contribution is 5.66. The monoisotopic (exact) mass is 388 g/mol. The first-order valence-corrected chi connectivity index (χ1v) is 10.9. The summed E-state index contributed by atoms with van der Waals surface area (Å²) in [6.45, 7) is 2.39. The lowest BCUT2D eigenvalue weighted by Gasteiger charge is -2.35. The van der Waals surface area contributed by atoms with Crippen LogP contribution in [0, 0.1) is 0 Å². The number of aliphatic hydroxyl groups is 2. The number of unbranched alkanes of at least 4 members (excludes halogenated alkanes) is 11. The quantitative estimate of drug-likeness (QED) is 0.346. The predicted molar refractivity (Wildman–Crippen MR) is 105 cm³/mol. The first-order chi connectivity index (χ1) is 13.0. The molecule has 0 aromatic carbocycles. The third-order valence-electron chi connectivity index (χ3n) is 5.25. The fourth-order valence-electron chi connectivity index (χ4n) is 3.44. The molecular weight excluding hydrogens is 348 g/mol. The van der Waals surface area contributed by atoms with Gasteiger partial charge < -0.3 is 24.8 Å². The average molecular weight is 389 g/mol. The molecule has 0 spiro atoms. The van der Waals surface area contributed by atoms with Gasteiger partial charge in [-0.1, -0.05) is 64.2 Å². The van der Waals surface area contributed by atoms with Crippen LogP contribution in [0.2, 0.25) is 0 Å². The lowest BCUT2D eigenvalue weighted by atomic mass is 10.0. The van der Waals surface area contributed by atoms with Crippen LogP contribution in [0.25, 0.3) is 0 Å². The van der Waals surface area contributed by atoms with E-state index in [0.29, 0.717) is 19.4 Å². The molecule has 1 aliphatic rings. The second-order valence-electron chi connectivity index (χ2n) is 7.84. The van der Waals surface area contributed by atoms with Crippen molar-refractivity contribution in [3.8, 4) is 0 Å². The molecule has 1 fully saturated rings. The van der Waals surface area contributed by atoms with Gasteiger partial charge in [-0.15, -0.1) is 0 Å². The molecule has 0 radical (unpaired) electrons. The molecule has 1 aliphatic heterocycles. The van der Waals surface area contributed by atoms with Gasteiger partial charge in [-0.3, -0.25) is 4.79 Å². The Hall–Kier alpha value is -0.690. The molecule has 160 valence electrons. The van der Waals surface area contributed by atoms with E-state index in [9.17, 15) is 15.0 Å². The van der Waals surface area contributed by atoms with Crippen molar-refractivity contribution in [1.29, 1.82) is 0 Å². The van der Waals surface area contributed by atoms with Gasteiger partial charge in [0.2, 0.25) is 0 Å². The molecule has 1 saturated heterocycles. The number of carboxylic acid groups (broad SMARTS) is 1. The van der Waals surface area contributed by atoms with Crippen LogP contribution >= 0.6 is 0 Å². The van der Waals surface area contributed by atoms with Gasteiger partial charge in [-0.25, -0.2) is 0 Å². The molecule has 1 heterocycles. The van der Waals surface area contributed by atoms with Gasteiger partial charge in [0.05, 0.1) is 12.2 Å². The maximum Gasteiger partial charge on any atom is 0.303 e. The molecule has 4 atom stereocenters. The third-order valence-corrected chi connectivity index (χ3v) is 5.25. The number of carboxylic acids is 1. The molecule has 1 rings (SSSR count). The van der Waals surface area contributed by atoms with Crippen molar-refractivity contribution >= 4 is 5.97 Å². The van der Waals surface area contributed by atoms with Crippen molar-refractivity contribution in [3.05, 3.63) is 0 Å². The number of rotatable bonds is 16. The van der Waals surface area contributed by atoms with Crippen molar-refractivity contribution < 1.29 is 29.6 Å². The Morgan fingerprint density at radius 1 is 0.852 bits per heavy atom. The fourth-order valence-corrected chi connectivity index (χ4v) is 3.44. The van der Waals surface area contributed by atoms with E-state index in [-0.39, 0.29) is 6.10 Å².